The van der Waals surface area contributed by atoms with Gasteiger partial charge in [0, 0.05) is 18.5 Å². The van der Waals surface area contributed by atoms with Crippen molar-refractivity contribution >= 4 is 34.0 Å². The maximum absolute atomic E-state index is 12.5. The van der Waals surface area contributed by atoms with Crippen molar-refractivity contribution in [2.45, 2.75) is 17.3 Å². The number of benzene rings is 2. The van der Waals surface area contributed by atoms with Crippen LogP contribution in [0, 0.1) is 0 Å². The van der Waals surface area contributed by atoms with Crippen LogP contribution in [0.5, 0.6) is 11.5 Å². The molecule has 4 rings (SSSR count). The number of carbonyl (C=O) groups is 1. The van der Waals surface area contributed by atoms with Gasteiger partial charge in [-0.1, -0.05) is 53.4 Å². The summed E-state index contributed by atoms with van der Waals surface area (Å²) >= 11 is 2.84. The predicted molar refractivity (Wildman–Crippen MR) is 111 cm³/mol. The summed E-state index contributed by atoms with van der Waals surface area (Å²) in [4.78, 5) is 12.5. The quantitative estimate of drug-likeness (QED) is 0.458. The number of hydrogen-bond acceptors (Lipinski definition) is 8. The summed E-state index contributed by atoms with van der Waals surface area (Å²) in [5.41, 5.74) is 1.79. The highest BCUT2D eigenvalue weighted by atomic mass is 32.2. The van der Waals surface area contributed by atoms with Gasteiger partial charge < -0.3 is 14.8 Å². The molecule has 144 valence electrons. The van der Waals surface area contributed by atoms with Crippen LogP contribution < -0.4 is 14.8 Å². The minimum Gasteiger partial charge on any atom is -0.490 e. The molecule has 0 radical (unpaired) electrons. The lowest BCUT2D eigenvalue weighted by molar-refractivity contribution is 0.102. The molecule has 28 heavy (non-hydrogen) atoms. The van der Waals surface area contributed by atoms with E-state index in [1.165, 1.54) is 28.7 Å². The van der Waals surface area contributed by atoms with E-state index in [1.807, 2.05) is 18.2 Å². The van der Waals surface area contributed by atoms with Crippen molar-refractivity contribution in [1.82, 2.24) is 10.2 Å². The van der Waals surface area contributed by atoms with E-state index in [0.29, 0.717) is 42.6 Å². The summed E-state index contributed by atoms with van der Waals surface area (Å²) in [7, 11) is 0. The summed E-state index contributed by atoms with van der Waals surface area (Å²) in [6, 6.07) is 15.4. The Morgan fingerprint density at radius 3 is 2.75 bits per heavy atom. The molecule has 0 amide bonds. The zero-order chi connectivity index (χ0) is 19.2. The van der Waals surface area contributed by atoms with Crippen LogP contribution in [0.4, 0.5) is 5.13 Å². The number of ether oxygens (including phenoxy) is 2. The fraction of sp³-hybridized carbons (Fsp3) is 0.250. The molecule has 0 saturated carbocycles. The molecule has 1 aliphatic heterocycles. The summed E-state index contributed by atoms with van der Waals surface area (Å²) in [6.45, 7) is 1.92. The van der Waals surface area contributed by atoms with Crippen LogP contribution in [0.25, 0.3) is 0 Å². The van der Waals surface area contributed by atoms with Gasteiger partial charge in [0.2, 0.25) is 5.13 Å². The van der Waals surface area contributed by atoms with Crippen LogP contribution in [0.3, 0.4) is 0 Å². The van der Waals surface area contributed by atoms with Gasteiger partial charge in [-0.2, -0.15) is 0 Å². The van der Waals surface area contributed by atoms with Gasteiger partial charge in [-0.15, -0.1) is 10.2 Å². The number of carbonyl (C=O) groups excluding carboxylic acids is 1. The first-order chi connectivity index (χ1) is 13.8. The average molecular weight is 414 g/mol. The Morgan fingerprint density at radius 2 is 1.89 bits per heavy atom. The summed E-state index contributed by atoms with van der Waals surface area (Å²) in [5.74, 6) is 1.65. The fourth-order valence-corrected chi connectivity index (χ4v) is 4.30. The molecule has 0 saturated heterocycles. The highest BCUT2D eigenvalue weighted by Gasteiger charge is 2.15. The molecular weight excluding hydrogens is 394 g/mol. The van der Waals surface area contributed by atoms with Gasteiger partial charge in [-0.3, -0.25) is 4.79 Å². The monoisotopic (exact) mass is 413 g/mol. The Hall–Kier alpha value is -2.58. The topological polar surface area (TPSA) is 73.3 Å². The van der Waals surface area contributed by atoms with Crippen LogP contribution in [0.1, 0.15) is 22.3 Å². The Labute approximate surface area is 171 Å². The van der Waals surface area contributed by atoms with E-state index in [1.54, 1.807) is 18.2 Å². The van der Waals surface area contributed by atoms with Crippen LogP contribution in [-0.4, -0.2) is 34.9 Å². The maximum Gasteiger partial charge on any atom is 0.206 e. The van der Waals surface area contributed by atoms with Crippen LogP contribution in [-0.2, 0) is 6.54 Å². The standard InChI is InChI=1S/C20H19N3O3S2/c24-16(15-7-8-17-18(11-15)26-10-4-9-25-17)13-27-20-23-22-19(28-20)21-12-14-5-2-1-3-6-14/h1-3,5-8,11H,4,9-10,12-13H2,(H,21,22). The highest BCUT2D eigenvalue weighted by Crippen LogP contribution is 2.32. The van der Waals surface area contributed by atoms with Gasteiger partial charge in [0.05, 0.1) is 19.0 Å². The van der Waals surface area contributed by atoms with Crippen molar-refractivity contribution in [3.8, 4) is 11.5 Å². The average Bonchev–Trinajstić information content (AvgIpc) is 3.06. The summed E-state index contributed by atoms with van der Waals surface area (Å²) in [5, 5.41) is 12.3. The van der Waals surface area contributed by atoms with Gasteiger partial charge >= 0.3 is 0 Å². The number of thioether (sulfide) groups is 1. The Bertz CT molecular complexity index is 947. The van der Waals surface area contributed by atoms with E-state index in [0.717, 1.165) is 15.9 Å². The minimum absolute atomic E-state index is 0.0228. The van der Waals surface area contributed by atoms with E-state index < -0.39 is 0 Å². The number of ketones is 1. The second-order valence-electron chi connectivity index (χ2n) is 6.14. The molecule has 6 nitrogen and oxygen atoms in total. The van der Waals surface area contributed by atoms with Gasteiger partial charge in [-0.05, 0) is 23.8 Å². The van der Waals surface area contributed by atoms with E-state index in [9.17, 15) is 4.79 Å². The molecule has 0 unspecified atom stereocenters. The number of aromatic nitrogens is 2. The van der Waals surface area contributed by atoms with Crippen molar-refractivity contribution in [2.24, 2.45) is 0 Å². The molecule has 1 aromatic heterocycles. The second kappa shape index (κ2) is 9.07. The van der Waals surface area contributed by atoms with E-state index >= 15 is 0 Å². The molecule has 2 heterocycles. The number of anilines is 1. The first kappa shape index (κ1) is 18.8. The molecule has 0 fully saturated rings. The van der Waals surface area contributed by atoms with Gasteiger partial charge in [0.25, 0.3) is 0 Å². The van der Waals surface area contributed by atoms with Crippen molar-refractivity contribution in [3.05, 3.63) is 59.7 Å². The van der Waals surface area contributed by atoms with Crippen LogP contribution in [0.15, 0.2) is 52.9 Å². The number of rotatable bonds is 7. The first-order valence-electron chi connectivity index (χ1n) is 8.95. The largest absolute Gasteiger partial charge is 0.490 e. The van der Waals surface area contributed by atoms with Crippen LogP contribution >= 0.6 is 23.1 Å². The van der Waals surface area contributed by atoms with Crippen LogP contribution in [0.2, 0.25) is 0 Å². The molecule has 1 N–H and O–H groups in total. The zero-order valence-electron chi connectivity index (χ0n) is 15.1. The van der Waals surface area contributed by atoms with Gasteiger partial charge in [0.15, 0.2) is 21.6 Å². The lowest BCUT2D eigenvalue weighted by Gasteiger charge is -2.08. The molecule has 0 bridgehead atoms. The second-order valence-corrected chi connectivity index (χ2v) is 8.34. The molecule has 0 spiro atoms. The Morgan fingerprint density at radius 1 is 1.07 bits per heavy atom. The lowest BCUT2D eigenvalue weighted by Crippen LogP contribution is -2.03. The van der Waals surface area contributed by atoms with E-state index in [-0.39, 0.29) is 5.78 Å². The first-order valence-corrected chi connectivity index (χ1v) is 10.7. The number of nitrogens with zero attached hydrogens (tertiary/aromatic N) is 2. The molecular formula is C20H19N3O3S2. The van der Waals surface area contributed by atoms with E-state index in [2.05, 4.69) is 27.6 Å². The van der Waals surface area contributed by atoms with Crippen molar-refractivity contribution < 1.29 is 14.3 Å². The molecule has 0 atom stereocenters. The maximum atomic E-state index is 12.5. The van der Waals surface area contributed by atoms with Crippen molar-refractivity contribution in [3.63, 3.8) is 0 Å². The van der Waals surface area contributed by atoms with Crippen molar-refractivity contribution in [2.75, 3.05) is 24.3 Å². The summed E-state index contributed by atoms with van der Waals surface area (Å²) < 4.78 is 12.0. The normalized spacial score (nSPS) is 13.0. The highest BCUT2D eigenvalue weighted by molar-refractivity contribution is 8.01. The molecule has 1 aliphatic rings. The number of fused-ring (bicyclic) bond motifs is 1. The third-order valence-corrected chi connectivity index (χ3v) is 6.10. The van der Waals surface area contributed by atoms with Crippen molar-refractivity contribution in [1.29, 1.82) is 0 Å². The smallest absolute Gasteiger partial charge is 0.206 e. The van der Waals surface area contributed by atoms with Gasteiger partial charge in [0.1, 0.15) is 0 Å². The fourth-order valence-electron chi connectivity index (χ4n) is 2.66. The van der Waals surface area contributed by atoms with E-state index in [4.69, 9.17) is 9.47 Å². The SMILES string of the molecule is O=C(CSc1nnc(NCc2ccccc2)s1)c1ccc2c(c1)OCCCO2. The minimum atomic E-state index is 0.0228. The number of Topliss-reactive ketones (excluding diaryl/α,β-unsaturated/α-hetero) is 1. The third-order valence-electron chi connectivity index (χ3n) is 4.09. The third kappa shape index (κ3) is 4.82. The number of nitrogens with one attached hydrogen (secondary N) is 1. The Balaban J connectivity index is 1.31. The molecule has 3 aromatic rings. The lowest BCUT2D eigenvalue weighted by atomic mass is 10.1. The van der Waals surface area contributed by atoms with Gasteiger partial charge in [-0.25, -0.2) is 0 Å². The molecule has 8 heteroatoms. The zero-order valence-corrected chi connectivity index (χ0v) is 16.7. The summed E-state index contributed by atoms with van der Waals surface area (Å²) in [6.07, 6.45) is 0.839. The Kier molecular flexibility index (Phi) is 6.08. The molecule has 2 aromatic carbocycles. The number of hydrogen-bond donors (Lipinski definition) is 1. The molecule has 0 aliphatic carbocycles. The predicted octanol–water partition coefficient (Wildman–Crippen LogP) is 4.29.